The fourth-order valence-corrected chi connectivity index (χ4v) is 0.426. The predicted molar refractivity (Wildman–Crippen MR) is 29.7 cm³/mol. The second-order valence-electron chi connectivity index (χ2n) is 1.90. The molecule has 0 saturated heterocycles. The Kier molecular flexibility index (Phi) is 4.06. The lowest BCUT2D eigenvalue weighted by molar-refractivity contribution is 0.367. The van der Waals surface area contributed by atoms with Gasteiger partial charge in [0.1, 0.15) is 0 Å². The molecule has 0 fully saturated rings. The average molecular weight is 103 g/mol. The first-order chi connectivity index (χ1) is 3.31. The molecule has 43 valence electrons. The van der Waals surface area contributed by atoms with Crippen molar-refractivity contribution >= 4 is 0 Å². The van der Waals surface area contributed by atoms with E-state index in [1.807, 2.05) is 6.92 Å². The van der Waals surface area contributed by atoms with Gasteiger partial charge in [-0.1, -0.05) is 20.3 Å². The van der Waals surface area contributed by atoms with Crippen LogP contribution >= 0.6 is 0 Å². The highest BCUT2D eigenvalue weighted by atomic mass is 19.1. The summed E-state index contributed by atoms with van der Waals surface area (Å²) in [5, 5.41) is 0. The summed E-state index contributed by atoms with van der Waals surface area (Å²) in [5.74, 6) is 0.220. The summed E-state index contributed by atoms with van der Waals surface area (Å²) < 4.78 is 11.5. The average Bonchev–Trinajstić information content (AvgIpc) is 1.68. The van der Waals surface area contributed by atoms with Crippen LogP contribution in [0.5, 0.6) is 0 Å². The third-order valence-corrected chi connectivity index (χ3v) is 0.960. The molecule has 0 spiro atoms. The SMILES string of the molecule is [CH2]CCC(C)CF. The van der Waals surface area contributed by atoms with Crippen molar-refractivity contribution in [2.75, 3.05) is 6.67 Å². The molecule has 0 aliphatic rings. The van der Waals surface area contributed by atoms with Gasteiger partial charge in [0.05, 0.1) is 6.67 Å². The number of hydrogen-bond acceptors (Lipinski definition) is 0. The second-order valence-corrected chi connectivity index (χ2v) is 1.90. The van der Waals surface area contributed by atoms with Crippen molar-refractivity contribution in [1.29, 1.82) is 0 Å². The lowest BCUT2D eigenvalue weighted by atomic mass is 10.1. The van der Waals surface area contributed by atoms with Crippen molar-refractivity contribution in [3.8, 4) is 0 Å². The van der Waals surface area contributed by atoms with Gasteiger partial charge in [-0.2, -0.15) is 0 Å². The van der Waals surface area contributed by atoms with Crippen LogP contribution in [0.4, 0.5) is 4.39 Å². The van der Waals surface area contributed by atoms with E-state index < -0.39 is 0 Å². The van der Waals surface area contributed by atoms with Gasteiger partial charge >= 0.3 is 0 Å². The second kappa shape index (κ2) is 4.10. The highest BCUT2D eigenvalue weighted by Gasteiger charge is 1.95. The number of alkyl halides is 1. The minimum absolute atomic E-state index is 0.199. The van der Waals surface area contributed by atoms with Crippen LogP contribution in [0.25, 0.3) is 0 Å². The summed E-state index contributed by atoms with van der Waals surface area (Å²) in [7, 11) is 0. The van der Waals surface area contributed by atoms with Gasteiger partial charge in [0.2, 0.25) is 0 Å². The molecule has 0 rings (SSSR count). The summed E-state index contributed by atoms with van der Waals surface area (Å²) >= 11 is 0. The molecule has 1 heteroatoms. The van der Waals surface area contributed by atoms with E-state index >= 15 is 0 Å². The van der Waals surface area contributed by atoms with Crippen molar-refractivity contribution in [1.82, 2.24) is 0 Å². The van der Waals surface area contributed by atoms with Gasteiger partial charge in [0.25, 0.3) is 0 Å². The van der Waals surface area contributed by atoms with E-state index in [4.69, 9.17) is 0 Å². The Morgan fingerprint density at radius 1 is 1.71 bits per heavy atom. The van der Waals surface area contributed by atoms with Crippen LogP contribution < -0.4 is 0 Å². The fourth-order valence-electron chi connectivity index (χ4n) is 0.426. The first-order valence-electron chi connectivity index (χ1n) is 2.66. The number of hydrogen-bond donors (Lipinski definition) is 0. The molecule has 1 unspecified atom stereocenters. The Labute approximate surface area is 44.7 Å². The molecule has 0 aliphatic carbocycles. The minimum Gasteiger partial charge on any atom is -0.251 e. The zero-order valence-electron chi connectivity index (χ0n) is 4.78. The Balaban J connectivity index is 2.83. The molecule has 1 radical (unpaired) electrons. The van der Waals surface area contributed by atoms with Gasteiger partial charge in [-0.15, -0.1) is 0 Å². The molecule has 0 aromatic heterocycles. The maximum absolute atomic E-state index is 11.5. The molecule has 0 heterocycles. The standard InChI is InChI=1S/C6H12F/c1-3-4-6(2)5-7/h6H,1,3-5H2,2H3. The van der Waals surface area contributed by atoms with Gasteiger partial charge in [-0.05, 0) is 12.3 Å². The highest BCUT2D eigenvalue weighted by Crippen LogP contribution is 2.03. The third-order valence-electron chi connectivity index (χ3n) is 0.960. The van der Waals surface area contributed by atoms with Crippen LogP contribution in [0.3, 0.4) is 0 Å². The molecule has 0 nitrogen and oxygen atoms in total. The molecule has 0 aromatic rings. The monoisotopic (exact) mass is 103 g/mol. The molecule has 7 heavy (non-hydrogen) atoms. The number of rotatable bonds is 3. The van der Waals surface area contributed by atoms with E-state index in [9.17, 15) is 4.39 Å². The third kappa shape index (κ3) is 3.77. The smallest absolute Gasteiger partial charge is 0.0919 e. The lowest BCUT2D eigenvalue weighted by Gasteiger charge is -1.99. The highest BCUT2D eigenvalue weighted by molar-refractivity contribution is 4.50. The summed E-state index contributed by atoms with van der Waals surface area (Å²) in [5.41, 5.74) is 0. The van der Waals surface area contributed by atoms with Crippen molar-refractivity contribution < 1.29 is 4.39 Å². The van der Waals surface area contributed by atoms with E-state index in [2.05, 4.69) is 6.92 Å². The van der Waals surface area contributed by atoms with Crippen molar-refractivity contribution in [2.24, 2.45) is 5.92 Å². The van der Waals surface area contributed by atoms with Gasteiger partial charge < -0.3 is 0 Å². The Bertz CT molecular complexity index is 35.2. The largest absolute Gasteiger partial charge is 0.251 e. The van der Waals surface area contributed by atoms with Gasteiger partial charge in [0.15, 0.2) is 0 Å². The zero-order valence-corrected chi connectivity index (χ0v) is 4.78. The first-order valence-corrected chi connectivity index (χ1v) is 2.66. The van der Waals surface area contributed by atoms with Crippen LogP contribution in [0, 0.1) is 12.8 Å². The summed E-state index contributed by atoms with van der Waals surface area (Å²) in [6, 6.07) is 0. The molecule has 0 N–H and O–H groups in total. The van der Waals surface area contributed by atoms with Crippen LogP contribution in [-0.2, 0) is 0 Å². The van der Waals surface area contributed by atoms with E-state index in [1.54, 1.807) is 0 Å². The number of halogens is 1. The van der Waals surface area contributed by atoms with Crippen molar-refractivity contribution in [3.05, 3.63) is 6.92 Å². The molecular weight excluding hydrogens is 91.1 g/mol. The van der Waals surface area contributed by atoms with E-state index in [0.29, 0.717) is 0 Å². The molecular formula is C6H12F. The van der Waals surface area contributed by atoms with Crippen LogP contribution in [0.2, 0.25) is 0 Å². The maximum Gasteiger partial charge on any atom is 0.0919 e. The molecule has 0 bridgehead atoms. The molecule has 1 atom stereocenters. The Morgan fingerprint density at radius 2 is 2.29 bits per heavy atom. The molecule has 0 aliphatic heterocycles. The predicted octanol–water partition coefficient (Wildman–Crippen LogP) is 2.21. The quantitative estimate of drug-likeness (QED) is 0.513. The molecule has 0 amide bonds. The van der Waals surface area contributed by atoms with Gasteiger partial charge in [0, 0.05) is 0 Å². The maximum atomic E-state index is 11.5. The topological polar surface area (TPSA) is 0 Å². The van der Waals surface area contributed by atoms with Crippen molar-refractivity contribution in [2.45, 2.75) is 19.8 Å². The summed E-state index contributed by atoms with van der Waals surface area (Å²) in [4.78, 5) is 0. The zero-order chi connectivity index (χ0) is 5.70. The van der Waals surface area contributed by atoms with E-state index in [1.165, 1.54) is 0 Å². The van der Waals surface area contributed by atoms with Gasteiger partial charge in [-0.3, -0.25) is 4.39 Å². The van der Waals surface area contributed by atoms with E-state index in [0.717, 1.165) is 12.8 Å². The molecule has 0 aromatic carbocycles. The molecule has 0 saturated carbocycles. The van der Waals surface area contributed by atoms with Crippen molar-refractivity contribution in [3.63, 3.8) is 0 Å². The summed E-state index contributed by atoms with van der Waals surface area (Å²) in [6.45, 7) is 5.30. The summed E-state index contributed by atoms with van der Waals surface area (Å²) in [6.07, 6.45) is 1.77. The van der Waals surface area contributed by atoms with Crippen LogP contribution in [0.15, 0.2) is 0 Å². The van der Waals surface area contributed by atoms with Crippen LogP contribution in [0.1, 0.15) is 19.8 Å². The Hall–Kier alpha value is -0.0700. The Morgan fingerprint density at radius 3 is 2.43 bits per heavy atom. The first kappa shape index (κ1) is 6.93. The van der Waals surface area contributed by atoms with E-state index in [-0.39, 0.29) is 12.6 Å². The fraction of sp³-hybridized carbons (Fsp3) is 0.833. The van der Waals surface area contributed by atoms with Gasteiger partial charge in [-0.25, -0.2) is 0 Å². The minimum atomic E-state index is -0.199. The normalized spacial score (nSPS) is 14.1. The van der Waals surface area contributed by atoms with Crippen LogP contribution in [-0.4, -0.2) is 6.67 Å². The lowest BCUT2D eigenvalue weighted by Crippen LogP contribution is -1.93.